The summed E-state index contributed by atoms with van der Waals surface area (Å²) in [6.45, 7) is 2.41. The Balaban J connectivity index is 1.70. The predicted octanol–water partition coefficient (Wildman–Crippen LogP) is 3.25. The molecule has 138 valence electrons. The van der Waals surface area contributed by atoms with Crippen molar-refractivity contribution in [1.82, 2.24) is 10.6 Å². The molecule has 0 bridgehead atoms. The van der Waals surface area contributed by atoms with Gasteiger partial charge in [0, 0.05) is 13.0 Å². The van der Waals surface area contributed by atoms with Gasteiger partial charge in [-0.15, -0.1) is 0 Å². The first-order valence-corrected chi connectivity index (χ1v) is 8.84. The number of hydrogen-bond donors (Lipinski definition) is 2. The van der Waals surface area contributed by atoms with E-state index in [1.54, 1.807) is 12.1 Å². The lowest BCUT2D eigenvalue weighted by molar-refractivity contribution is -0.123. The summed E-state index contributed by atoms with van der Waals surface area (Å²) in [7, 11) is 0. The van der Waals surface area contributed by atoms with Gasteiger partial charge in [0.25, 0.3) is 5.91 Å². The van der Waals surface area contributed by atoms with E-state index in [1.165, 1.54) is 6.26 Å². The molecule has 2 aromatic carbocycles. The summed E-state index contributed by atoms with van der Waals surface area (Å²) in [5.74, 6) is -0.464. The molecule has 0 unspecified atom stereocenters. The van der Waals surface area contributed by atoms with Crippen LogP contribution in [0.3, 0.4) is 0 Å². The maximum absolute atomic E-state index is 12.8. The monoisotopic (exact) mass is 362 g/mol. The Morgan fingerprint density at radius 1 is 0.963 bits per heavy atom. The van der Waals surface area contributed by atoms with E-state index in [1.807, 2.05) is 61.5 Å². The number of carbonyl (C=O) groups excluding carboxylic acids is 2. The van der Waals surface area contributed by atoms with Crippen LogP contribution in [0.1, 0.15) is 27.2 Å². The lowest BCUT2D eigenvalue weighted by Crippen LogP contribution is -2.47. The number of furan rings is 1. The first-order chi connectivity index (χ1) is 13.1. The van der Waals surface area contributed by atoms with Crippen LogP contribution in [0.25, 0.3) is 0 Å². The summed E-state index contributed by atoms with van der Waals surface area (Å²) in [6, 6.07) is 20.0. The van der Waals surface area contributed by atoms with Gasteiger partial charge in [-0.05, 0) is 35.7 Å². The third-order valence-corrected chi connectivity index (χ3v) is 4.36. The van der Waals surface area contributed by atoms with Crippen molar-refractivity contribution in [3.63, 3.8) is 0 Å². The molecule has 0 saturated carbocycles. The van der Waals surface area contributed by atoms with E-state index in [0.717, 1.165) is 16.7 Å². The Labute approximate surface area is 158 Å². The highest BCUT2D eigenvalue weighted by Crippen LogP contribution is 2.09. The average molecular weight is 362 g/mol. The molecule has 1 atom stereocenters. The van der Waals surface area contributed by atoms with Crippen LogP contribution in [0.2, 0.25) is 0 Å². The number of amides is 2. The standard InChI is InChI=1S/C22H22N2O3/c1-16-8-5-6-11-18(16)15-23-21(25)19(14-17-9-3-2-4-10-17)24-22(26)20-12-7-13-27-20/h2-13,19H,14-15H2,1H3,(H,23,25)(H,24,26)/t19-/m0/s1. The van der Waals surface area contributed by atoms with E-state index in [0.29, 0.717) is 13.0 Å². The molecule has 0 aliphatic carbocycles. The number of hydrogen-bond acceptors (Lipinski definition) is 3. The van der Waals surface area contributed by atoms with Crippen molar-refractivity contribution in [1.29, 1.82) is 0 Å². The summed E-state index contributed by atoms with van der Waals surface area (Å²) in [5.41, 5.74) is 3.12. The molecule has 5 nitrogen and oxygen atoms in total. The maximum atomic E-state index is 12.8. The van der Waals surface area contributed by atoms with Crippen molar-refractivity contribution in [3.05, 3.63) is 95.4 Å². The predicted molar refractivity (Wildman–Crippen MR) is 103 cm³/mol. The molecule has 0 fully saturated rings. The molecule has 5 heteroatoms. The minimum atomic E-state index is -0.700. The van der Waals surface area contributed by atoms with E-state index < -0.39 is 11.9 Å². The lowest BCUT2D eigenvalue weighted by Gasteiger charge is -2.18. The largest absolute Gasteiger partial charge is 0.459 e. The van der Waals surface area contributed by atoms with Gasteiger partial charge in [0.05, 0.1) is 6.26 Å². The molecule has 0 spiro atoms. The second kappa shape index (κ2) is 8.85. The lowest BCUT2D eigenvalue weighted by atomic mass is 10.0. The van der Waals surface area contributed by atoms with E-state index in [2.05, 4.69) is 10.6 Å². The highest BCUT2D eigenvalue weighted by Gasteiger charge is 2.23. The van der Waals surface area contributed by atoms with Crippen molar-refractivity contribution < 1.29 is 14.0 Å². The molecule has 3 rings (SSSR count). The molecule has 0 aliphatic heterocycles. The topological polar surface area (TPSA) is 71.3 Å². The Morgan fingerprint density at radius 2 is 1.70 bits per heavy atom. The molecule has 0 aliphatic rings. The van der Waals surface area contributed by atoms with Gasteiger partial charge < -0.3 is 15.1 Å². The van der Waals surface area contributed by atoms with Gasteiger partial charge in [-0.3, -0.25) is 9.59 Å². The average Bonchev–Trinajstić information content (AvgIpc) is 3.22. The quantitative estimate of drug-likeness (QED) is 0.678. The Kier molecular flexibility index (Phi) is 6.05. The summed E-state index contributed by atoms with van der Waals surface area (Å²) in [5, 5.41) is 5.70. The number of nitrogens with one attached hydrogen (secondary N) is 2. The molecule has 0 radical (unpaired) electrons. The highest BCUT2D eigenvalue weighted by molar-refractivity contribution is 5.95. The van der Waals surface area contributed by atoms with Gasteiger partial charge in [0.2, 0.25) is 5.91 Å². The van der Waals surface area contributed by atoms with Crippen LogP contribution in [0.15, 0.2) is 77.4 Å². The van der Waals surface area contributed by atoms with Crippen molar-refractivity contribution in [3.8, 4) is 0 Å². The second-order valence-corrected chi connectivity index (χ2v) is 6.34. The maximum Gasteiger partial charge on any atom is 0.287 e. The summed E-state index contributed by atoms with van der Waals surface area (Å²) in [4.78, 5) is 25.1. The highest BCUT2D eigenvalue weighted by atomic mass is 16.3. The molecule has 3 aromatic rings. The van der Waals surface area contributed by atoms with Crippen molar-refractivity contribution in [2.24, 2.45) is 0 Å². The molecule has 2 amide bonds. The first-order valence-electron chi connectivity index (χ1n) is 8.84. The Morgan fingerprint density at radius 3 is 2.41 bits per heavy atom. The van der Waals surface area contributed by atoms with Crippen LogP contribution in [-0.2, 0) is 17.8 Å². The van der Waals surface area contributed by atoms with Crippen LogP contribution in [0.4, 0.5) is 0 Å². The van der Waals surface area contributed by atoms with Crippen molar-refractivity contribution in [2.45, 2.75) is 25.9 Å². The molecular weight excluding hydrogens is 340 g/mol. The molecule has 2 N–H and O–H groups in total. The van der Waals surface area contributed by atoms with Gasteiger partial charge in [-0.2, -0.15) is 0 Å². The van der Waals surface area contributed by atoms with Gasteiger partial charge in [-0.1, -0.05) is 54.6 Å². The van der Waals surface area contributed by atoms with Crippen LogP contribution in [0.5, 0.6) is 0 Å². The van der Waals surface area contributed by atoms with Crippen LogP contribution in [-0.4, -0.2) is 17.9 Å². The normalized spacial score (nSPS) is 11.6. The molecule has 27 heavy (non-hydrogen) atoms. The SMILES string of the molecule is Cc1ccccc1CNC(=O)[C@H](Cc1ccccc1)NC(=O)c1ccco1. The van der Waals surface area contributed by atoms with Crippen LogP contribution < -0.4 is 10.6 Å². The van der Waals surface area contributed by atoms with Crippen molar-refractivity contribution >= 4 is 11.8 Å². The summed E-state index contributed by atoms with van der Waals surface area (Å²) >= 11 is 0. The van der Waals surface area contributed by atoms with Crippen LogP contribution >= 0.6 is 0 Å². The summed E-state index contributed by atoms with van der Waals surface area (Å²) in [6.07, 6.45) is 1.83. The fourth-order valence-electron chi connectivity index (χ4n) is 2.81. The van der Waals surface area contributed by atoms with Gasteiger partial charge in [0.1, 0.15) is 6.04 Å². The molecular formula is C22H22N2O3. The smallest absolute Gasteiger partial charge is 0.287 e. The zero-order valence-electron chi connectivity index (χ0n) is 15.1. The van der Waals surface area contributed by atoms with E-state index in [9.17, 15) is 9.59 Å². The van der Waals surface area contributed by atoms with Crippen molar-refractivity contribution in [2.75, 3.05) is 0 Å². The fourth-order valence-corrected chi connectivity index (χ4v) is 2.81. The van der Waals surface area contributed by atoms with E-state index >= 15 is 0 Å². The third kappa shape index (κ3) is 5.07. The van der Waals surface area contributed by atoms with Gasteiger partial charge in [-0.25, -0.2) is 0 Å². The van der Waals surface area contributed by atoms with Crippen LogP contribution in [0, 0.1) is 6.92 Å². The Hall–Kier alpha value is -3.34. The summed E-state index contributed by atoms with van der Waals surface area (Å²) < 4.78 is 5.13. The minimum absolute atomic E-state index is 0.180. The number of rotatable bonds is 7. The zero-order chi connectivity index (χ0) is 19.1. The van der Waals surface area contributed by atoms with Gasteiger partial charge >= 0.3 is 0 Å². The number of benzene rings is 2. The third-order valence-electron chi connectivity index (χ3n) is 4.36. The second-order valence-electron chi connectivity index (χ2n) is 6.34. The number of aryl methyl sites for hydroxylation is 1. The van der Waals surface area contributed by atoms with Gasteiger partial charge in [0.15, 0.2) is 5.76 Å². The molecule has 0 saturated heterocycles. The molecule has 1 heterocycles. The minimum Gasteiger partial charge on any atom is -0.459 e. The first kappa shape index (κ1) is 18.5. The zero-order valence-corrected chi connectivity index (χ0v) is 15.1. The van der Waals surface area contributed by atoms with E-state index in [4.69, 9.17) is 4.42 Å². The van der Waals surface area contributed by atoms with E-state index in [-0.39, 0.29) is 11.7 Å². The Bertz CT molecular complexity index is 889. The molecule has 1 aromatic heterocycles. The number of carbonyl (C=O) groups is 2. The fraction of sp³-hybridized carbons (Fsp3) is 0.182.